The normalized spacial score (nSPS) is 28.5. The van der Waals surface area contributed by atoms with E-state index in [4.69, 9.17) is 37.8 Å². The third-order valence-corrected chi connectivity index (χ3v) is 11.6. The second-order valence-electron chi connectivity index (χ2n) is 13.1. The monoisotopic (exact) mass is 635 g/mol. The van der Waals surface area contributed by atoms with Gasteiger partial charge in [-0.1, -0.05) is 53.5 Å². The fourth-order valence-corrected chi connectivity index (χ4v) is 9.10. The number of carboxylic acids is 1. The fraction of sp³-hybridized carbons (Fsp3) is 0.441. The van der Waals surface area contributed by atoms with Crippen molar-refractivity contribution >= 4 is 51.7 Å². The number of ether oxygens (including phenoxy) is 2. The predicted octanol–water partition coefficient (Wildman–Crippen LogP) is 5.06. The topological polar surface area (TPSA) is 113 Å². The van der Waals surface area contributed by atoms with Crippen molar-refractivity contribution in [3.8, 4) is 11.5 Å². The van der Waals surface area contributed by atoms with E-state index in [-0.39, 0.29) is 36.8 Å². The van der Waals surface area contributed by atoms with Gasteiger partial charge in [0.1, 0.15) is 0 Å². The minimum absolute atomic E-state index is 0.0153. The zero-order valence-electron chi connectivity index (χ0n) is 23.9. The maximum absolute atomic E-state index is 13.3. The second kappa shape index (κ2) is 9.91. The van der Waals surface area contributed by atoms with Gasteiger partial charge in [-0.05, 0) is 67.3 Å². The molecule has 0 aromatic heterocycles. The van der Waals surface area contributed by atoms with Gasteiger partial charge in [-0.25, -0.2) is 0 Å². The molecule has 4 atom stereocenters. The van der Waals surface area contributed by atoms with E-state index in [2.05, 4.69) is 4.90 Å². The summed E-state index contributed by atoms with van der Waals surface area (Å²) in [7, 11) is 0. The van der Waals surface area contributed by atoms with Crippen LogP contribution in [0.2, 0.25) is 10.0 Å². The van der Waals surface area contributed by atoms with Gasteiger partial charge < -0.3 is 19.7 Å². The molecule has 2 bridgehead atoms. The second-order valence-corrected chi connectivity index (χ2v) is 13.8. The van der Waals surface area contributed by atoms with E-state index >= 15 is 0 Å². The average molecular weight is 637 g/mol. The zero-order chi connectivity index (χ0) is 30.5. The molecule has 3 aromatic carbocycles. The molecule has 8 rings (SSSR count). The Bertz CT molecular complexity index is 1790. The molecule has 0 amide bonds. The van der Waals surface area contributed by atoms with Gasteiger partial charge in [-0.15, -0.1) is 0 Å². The molecule has 1 saturated heterocycles. The number of carbonyl (C=O) groups excluding carboxylic acids is 2. The number of carboxylic acid groups (broad SMARTS) is 1. The van der Waals surface area contributed by atoms with Crippen molar-refractivity contribution in [3.05, 3.63) is 68.7 Å². The molecule has 2 N–H and O–H groups in total. The molecule has 44 heavy (non-hydrogen) atoms. The van der Waals surface area contributed by atoms with Crippen LogP contribution in [-0.4, -0.2) is 63.7 Å². The minimum atomic E-state index is -1.09. The first-order chi connectivity index (χ1) is 21.1. The number of nitrogens with zero attached hydrogens (tertiary/aromatic N) is 1. The number of fused-ring (bicyclic) bond motifs is 1. The number of carbonyl (C=O) groups is 3. The molecule has 5 aliphatic rings. The number of aliphatic carboxylic acids is 1. The molecule has 1 spiro atoms. The summed E-state index contributed by atoms with van der Waals surface area (Å²) in [6.07, 6.45) is 3.27. The van der Waals surface area contributed by atoms with E-state index < -0.39 is 29.1 Å². The molecule has 228 valence electrons. The first-order valence-corrected chi connectivity index (χ1v) is 16.0. The van der Waals surface area contributed by atoms with Crippen molar-refractivity contribution in [1.82, 2.24) is 4.90 Å². The standard InChI is InChI=1S/C34H31Cl2NO7/c35-29-19(14-26(39)40)3-6-22-21(29)7-4-20(30(22)36)15-27(41)43-24-8-5-18-13-25-34(42)10-9-23(38)32-33(34,28(18)31(24)44-32)11-12-37(25)16-17-1-2-17/h3-8,17,25,32,42H,1-2,9-16H2,(H,39,40)/t25-,32+,33+,34-/m1/s1. The van der Waals surface area contributed by atoms with Gasteiger partial charge in [0.25, 0.3) is 0 Å². The summed E-state index contributed by atoms with van der Waals surface area (Å²) in [5.41, 5.74) is 0.947. The summed E-state index contributed by atoms with van der Waals surface area (Å²) in [6.45, 7) is 1.77. The lowest BCUT2D eigenvalue weighted by molar-refractivity contribution is -0.188. The number of piperidine rings is 1. The molecule has 3 aromatic rings. The quantitative estimate of drug-likeness (QED) is 0.274. The number of aliphatic hydroxyl groups is 1. The number of hydrogen-bond donors (Lipinski definition) is 2. The molecule has 0 radical (unpaired) electrons. The van der Waals surface area contributed by atoms with Gasteiger partial charge in [0.2, 0.25) is 0 Å². The molecular weight excluding hydrogens is 605 g/mol. The Hall–Kier alpha value is -3.17. The Labute approximate surface area is 263 Å². The Morgan fingerprint density at radius 2 is 1.70 bits per heavy atom. The van der Waals surface area contributed by atoms with E-state index in [1.54, 1.807) is 30.3 Å². The summed E-state index contributed by atoms with van der Waals surface area (Å²) >= 11 is 13.2. The van der Waals surface area contributed by atoms with E-state index in [9.17, 15) is 19.5 Å². The maximum atomic E-state index is 13.3. The predicted molar refractivity (Wildman–Crippen MR) is 163 cm³/mol. The van der Waals surface area contributed by atoms with Gasteiger partial charge >= 0.3 is 11.9 Å². The number of benzene rings is 3. The van der Waals surface area contributed by atoms with E-state index in [1.165, 1.54) is 12.8 Å². The first kappa shape index (κ1) is 28.3. The van der Waals surface area contributed by atoms with Crippen molar-refractivity contribution in [3.63, 3.8) is 0 Å². The zero-order valence-corrected chi connectivity index (χ0v) is 25.4. The Balaban J connectivity index is 1.10. The number of esters is 1. The highest BCUT2D eigenvalue weighted by Crippen LogP contribution is 2.65. The van der Waals surface area contributed by atoms with Gasteiger partial charge in [0, 0.05) is 35.3 Å². The summed E-state index contributed by atoms with van der Waals surface area (Å²) < 4.78 is 12.3. The molecule has 3 aliphatic carbocycles. The third kappa shape index (κ3) is 4.00. The van der Waals surface area contributed by atoms with Gasteiger partial charge in [-0.3, -0.25) is 19.3 Å². The number of ketones is 1. The van der Waals surface area contributed by atoms with Crippen LogP contribution >= 0.6 is 23.2 Å². The highest BCUT2D eigenvalue weighted by atomic mass is 35.5. The molecule has 10 heteroatoms. The number of rotatable bonds is 7. The SMILES string of the molecule is O=C(O)Cc1ccc2c(Cl)c(CC(=O)Oc3ccc4c5c3O[C@H]3C(=O)CC[C@@]6(O)[C@@H](C4)N(CC4CC4)CC[C@]536)ccc2c1Cl. The highest BCUT2D eigenvalue weighted by molar-refractivity contribution is 6.40. The van der Waals surface area contributed by atoms with Gasteiger partial charge in [-0.2, -0.15) is 0 Å². The summed E-state index contributed by atoms with van der Waals surface area (Å²) in [6, 6.07) is 10.4. The Morgan fingerprint density at radius 1 is 1.00 bits per heavy atom. The molecular formula is C34H31Cl2NO7. The lowest BCUT2D eigenvalue weighted by Crippen LogP contribution is -2.76. The van der Waals surface area contributed by atoms with E-state index in [1.807, 2.05) is 6.07 Å². The number of hydrogen-bond acceptors (Lipinski definition) is 7. The van der Waals surface area contributed by atoms with Crippen LogP contribution in [0.4, 0.5) is 0 Å². The molecule has 3 fully saturated rings. The van der Waals surface area contributed by atoms with Crippen LogP contribution in [0.1, 0.15) is 54.4 Å². The van der Waals surface area contributed by atoms with Gasteiger partial charge in [0.15, 0.2) is 23.4 Å². The number of halogens is 2. The third-order valence-electron chi connectivity index (χ3n) is 10.7. The summed E-state index contributed by atoms with van der Waals surface area (Å²) in [5, 5.41) is 23.5. The molecule has 2 heterocycles. The fourth-order valence-electron chi connectivity index (χ4n) is 8.51. The Morgan fingerprint density at radius 3 is 2.39 bits per heavy atom. The van der Waals surface area contributed by atoms with Crippen LogP contribution in [0.3, 0.4) is 0 Å². The molecule has 2 saturated carbocycles. The van der Waals surface area contributed by atoms with Crippen LogP contribution < -0.4 is 9.47 Å². The first-order valence-electron chi connectivity index (χ1n) is 15.2. The lowest BCUT2D eigenvalue weighted by Gasteiger charge is -2.62. The van der Waals surface area contributed by atoms with Crippen molar-refractivity contribution < 1.29 is 34.1 Å². The van der Waals surface area contributed by atoms with Crippen molar-refractivity contribution in [2.75, 3.05) is 13.1 Å². The maximum Gasteiger partial charge on any atom is 0.315 e. The average Bonchev–Trinajstić information content (AvgIpc) is 3.72. The van der Waals surface area contributed by atoms with Crippen molar-refractivity contribution in [2.24, 2.45) is 5.92 Å². The van der Waals surface area contributed by atoms with Crippen LogP contribution in [0.5, 0.6) is 11.5 Å². The van der Waals surface area contributed by atoms with Crippen LogP contribution in [0.25, 0.3) is 10.8 Å². The highest BCUT2D eigenvalue weighted by Gasteiger charge is 2.73. The summed E-state index contributed by atoms with van der Waals surface area (Å²) in [4.78, 5) is 40.3. The van der Waals surface area contributed by atoms with E-state index in [0.717, 1.165) is 24.2 Å². The van der Waals surface area contributed by atoms with E-state index in [0.29, 0.717) is 62.9 Å². The lowest BCUT2D eigenvalue weighted by atomic mass is 9.49. The largest absolute Gasteiger partial charge is 0.481 e. The molecule has 0 unspecified atom stereocenters. The minimum Gasteiger partial charge on any atom is -0.481 e. The van der Waals surface area contributed by atoms with Crippen molar-refractivity contribution in [2.45, 2.75) is 74.5 Å². The van der Waals surface area contributed by atoms with Crippen LogP contribution in [0.15, 0.2) is 36.4 Å². The van der Waals surface area contributed by atoms with Crippen LogP contribution in [-0.2, 0) is 39.1 Å². The molecule has 8 nitrogen and oxygen atoms in total. The summed E-state index contributed by atoms with van der Waals surface area (Å²) in [5.74, 6) is -0.233. The number of likely N-dealkylation sites (tertiary alicyclic amines) is 1. The van der Waals surface area contributed by atoms with Crippen LogP contribution in [0, 0.1) is 5.92 Å². The molecule has 2 aliphatic heterocycles. The Kier molecular flexibility index (Phi) is 6.38. The van der Waals surface area contributed by atoms with Crippen molar-refractivity contribution in [1.29, 1.82) is 0 Å². The van der Waals surface area contributed by atoms with Gasteiger partial charge in [0.05, 0.1) is 33.9 Å². The number of Topliss-reactive ketones (excluding diaryl/α,β-unsaturated/α-hetero) is 1. The smallest absolute Gasteiger partial charge is 0.315 e.